The lowest BCUT2D eigenvalue weighted by Crippen LogP contribution is -2.21. The number of hydrogen-bond donors (Lipinski definition) is 0. The molecule has 0 fully saturated rings. The Morgan fingerprint density at radius 2 is 1.71 bits per heavy atom. The van der Waals surface area contributed by atoms with Gasteiger partial charge in [-0.25, -0.2) is 0 Å². The molecule has 0 bridgehead atoms. The topological polar surface area (TPSA) is 0 Å². The Hall–Kier alpha value is -2.08. The van der Waals surface area contributed by atoms with Crippen molar-refractivity contribution in [3.05, 3.63) is 82.9 Å². The Morgan fingerprint density at radius 1 is 0.952 bits per heavy atom. The van der Waals surface area contributed by atoms with Crippen LogP contribution in [0, 0.1) is 5.41 Å². The van der Waals surface area contributed by atoms with Crippen molar-refractivity contribution in [3.63, 3.8) is 0 Å². The van der Waals surface area contributed by atoms with Gasteiger partial charge < -0.3 is 0 Å². The van der Waals surface area contributed by atoms with Crippen LogP contribution in [-0.2, 0) is 6.42 Å². The molecule has 2 aromatic rings. The van der Waals surface area contributed by atoms with E-state index in [2.05, 4.69) is 80.6 Å². The van der Waals surface area contributed by atoms with E-state index >= 15 is 0 Å². The van der Waals surface area contributed by atoms with Gasteiger partial charge in [0.15, 0.2) is 0 Å². The van der Waals surface area contributed by atoms with E-state index in [0.29, 0.717) is 5.92 Å². The Morgan fingerprint density at radius 3 is 2.62 bits per heavy atom. The van der Waals surface area contributed by atoms with Gasteiger partial charge in [0.1, 0.15) is 0 Å². The Bertz CT molecular complexity index is 759. The van der Waals surface area contributed by atoms with Crippen LogP contribution < -0.4 is 0 Å². The second-order valence-electron chi connectivity index (χ2n) is 6.67. The van der Waals surface area contributed by atoms with Crippen LogP contribution >= 0.6 is 0 Å². The van der Waals surface area contributed by atoms with Gasteiger partial charge in [0.2, 0.25) is 0 Å². The summed E-state index contributed by atoms with van der Waals surface area (Å²) in [4.78, 5) is 0. The van der Waals surface area contributed by atoms with Crippen molar-refractivity contribution >= 4 is 11.6 Å². The minimum atomic E-state index is 0.121. The van der Waals surface area contributed by atoms with E-state index in [1.807, 2.05) is 0 Å². The second kappa shape index (κ2) is 4.46. The fraction of sp³-hybridized carbons (Fsp3) is 0.238. The van der Waals surface area contributed by atoms with Crippen molar-refractivity contribution in [2.75, 3.05) is 0 Å². The minimum absolute atomic E-state index is 0.121. The molecule has 0 radical (unpaired) electrons. The van der Waals surface area contributed by atoms with Crippen molar-refractivity contribution in [3.8, 4) is 0 Å². The molecule has 104 valence electrons. The third kappa shape index (κ3) is 1.82. The fourth-order valence-corrected chi connectivity index (χ4v) is 3.94. The second-order valence-corrected chi connectivity index (χ2v) is 6.67. The molecule has 4 rings (SSSR count). The number of rotatable bonds is 2. The predicted molar refractivity (Wildman–Crippen MR) is 90.1 cm³/mol. The maximum atomic E-state index is 2.43. The summed E-state index contributed by atoms with van der Waals surface area (Å²) in [5.74, 6) is 0.464. The molecule has 0 aliphatic heterocycles. The summed E-state index contributed by atoms with van der Waals surface area (Å²) < 4.78 is 0. The molecule has 0 saturated heterocycles. The molecule has 2 aromatic carbocycles. The van der Waals surface area contributed by atoms with Crippen molar-refractivity contribution in [2.24, 2.45) is 5.41 Å². The van der Waals surface area contributed by atoms with Crippen LogP contribution in [0.3, 0.4) is 0 Å². The highest BCUT2D eigenvalue weighted by atomic mass is 14.4. The molecular weight excluding hydrogens is 252 g/mol. The van der Waals surface area contributed by atoms with Crippen LogP contribution in [0.5, 0.6) is 0 Å². The molecule has 0 spiro atoms. The summed E-state index contributed by atoms with van der Waals surface area (Å²) in [6, 6.07) is 17.6. The molecule has 1 atom stereocenters. The largest absolute Gasteiger partial charge is 0.0757 e. The van der Waals surface area contributed by atoms with Crippen LogP contribution in [0.1, 0.15) is 42.0 Å². The lowest BCUT2D eigenvalue weighted by molar-refractivity contribution is 0.450. The van der Waals surface area contributed by atoms with Crippen molar-refractivity contribution < 1.29 is 0 Å². The van der Waals surface area contributed by atoms with E-state index in [0.717, 1.165) is 6.42 Å². The zero-order valence-electron chi connectivity index (χ0n) is 12.6. The van der Waals surface area contributed by atoms with Crippen molar-refractivity contribution in [1.29, 1.82) is 0 Å². The lowest BCUT2D eigenvalue weighted by Gasteiger charge is -2.34. The first kappa shape index (κ1) is 12.6. The minimum Gasteiger partial charge on any atom is -0.0757 e. The highest BCUT2D eigenvalue weighted by Gasteiger charge is 2.37. The molecule has 2 aliphatic carbocycles. The monoisotopic (exact) mass is 272 g/mol. The van der Waals surface area contributed by atoms with Crippen LogP contribution in [0.25, 0.3) is 11.6 Å². The summed E-state index contributed by atoms with van der Waals surface area (Å²) in [6.45, 7) is 4.77. The quantitative estimate of drug-likeness (QED) is 0.680. The molecule has 21 heavy (non-hydrogen) atoms. The summed E-state index contributed by atoms with van der Waals surface area (Å²) in [6.07, 6.45) is 8.17. The first-order chi connectivity index (χ1) is 10.2. The summed E-state index contributed by atoms with van der Waals surface area (Å²) >= 11 is 0. The summed E-state index contributed by atoms with van der Waals surface area (Å²) in [7, 11) is 0. The third-order valence-corrected chi connectivity index (χ3v) is 5.10. The number of benzene rings is 2. The molecule has 0 amide bonds. The first-order valence-corrected chi connectivity index (χ1v) is 7.74. The fourth-order valence-electron chi connectivity index (χ4n) is 3.94. The van der Waals surface area contributed by atoms with Crippen LogP contribution in [0.2, 0.25) is 0 Å². The Balaban J connectivity index is 1.78. The van der Waals surface area contributed by atoms with E-state index in [4.69, 9.17) is 0 Å². The van der Waals surface area contributed by atoms with Crippen molar-refractivity contribution in [1.82, 2.24) is 0 Å². The van der Waals surface area contributed by atoms with Gasteiger partial charge in [-0.05, 0) is 34.2 Å². The highest BCUT2D eigenvalue weighted by molar-refractivity contribution is 5.79. The van der Waals surface area contributed by atoms with E-state index in [-0.39, 0.29) is 5.41 Å². The summed E-state index contributed by atoms with van der Waals surface area (Å²) in [5, 5.41) is 0. The molecular formula is C21H20. The molecule has 0 heteroatoms. The van der Waals surface area contributed by atoms with Gasteiger partial charge >= 0.3 is 0 Å². The molecule has 0 saturated carbocycles. The van der Waals surface area contributed by atoms with Gasteiger partial charge in [-0.1, -0.05) is 80.6 Å². The van der Waals surface area contributed by atoms with Gasteiger partial charge in [-0.3, -0.25) is 0 Å². The maximum absolute atomic E-state index is 2.43. The van der Waals surface area contributed by atoms with Gasteiger partial charge in [0.05, 0.1) is 0 Å². The molecule has 0 nitrogen and oxygen atoms in total. The molecule has 1 unspecified atom stereocenters. The Labute approximate surface area is 126 Å². The van der Waals surface area contributed by atoms with E-state index < -0.39 is 0 Å². The van der Waals surface area contributed by atoms with Gasteiger partial charge in [0, 0.05) is 11.3 Å². The number of fused-ring (bicyclic) bond motifs is 2. The zero-order chi connectivity index (χ0) is 14.4. The Kier molecular flexibility index (Phi) is 2.68. The number of hydrogen-bond acceptors (Lipinski definition) is 0. The van der Waals surface area contributed by atoms with Crippen LogP contribution in [0.15, 0.2) is 60.7 Å². The molecule has 0 aromatic heterocycles. The van der Waals surface area contributed by atoms with Crippen LogP contribution in [0.4, 0.5) is 0 Å². The third-order valence-electron chi connectivity index (χ3n) is 5.10. The van der Waals surface area contributed by atoms with E-state index in [9.17, 15) is 0 Å². The highest BCUT2D eigenvalue weighted by Crippen LogP contribution is 2.52. The molecule has 0 heterocycles. The van der Waals surface area contributed by atoms with Gasteiger partial charge in [-0.2, -0.15) is 0 Å². The maximum Gasteiger partial charge on any atom is 0.0119 e. The SMILES string of the molecule is CC(C)(C1=CCc2ccccc21)C1C=Cc2ccccc21. The molecule has 2 aliphatic rings. The number of allylic oxidation sites excluding steroid dienone is 3. The van der Waals surface area contributed by atoms with E-state index in [1.165, 1.54) is 27.8 Å². The normalized spacial score (nSPS) is 19.3. The lowest BCUT2D eigenvalue weighted by atomic mass is 9.69. The standard InChI is InChI=1S/C21H20/c1-21(2,19-13-11-15-7-3-5-9-17(15)19)20-14-12-16-8-4-6-10-18(16)20/h3-11,13-14,19H,12H2,1-2H3. The van der Waals surface area contributed by atoms with E-state index in [1.54, 1.807) is 0 Å². The first-order valence-electron chi connectivity index (χ1n) is 7.74. The predicted octanol–water partition coefficient (Wildman–Crippen LogP) is 5.46. The summed E-state index contributed by atoms with van der Waals surface area (Å²) in [5.41, 5.74) is 7.38. The molecule has 0 N–H and O–H groups in total. The van der Waals surface area contributed by atoms with Gasteiger partial charge in [-0.15, -0.1) is 0 Å². The van der Waals surface area contributed by atoms with Crippen LogP contribution in [-0.4, -0.2) is 0 Å². The average Bonchev–Trinajstić information content (AvgIpc) is 3.12. The smallest absolute Gasteiger partial charge is 0.0119 e. The zero-order valence-corrected chi connectivity index (χ0v) is 12.6. The average molecular weight is 272 g/mol. The van der Waals surface area contributed by atoms with Crippen molar-refractivity contribution in [2.45, 2.75) is 26.2 Å². The van der Waals surface area contributed by atoms with Gasteiger partial charge in [0.25, 0.3) is 0 Å².